The summed E-state index contributed by atoms with van der Waals surface area (Å²) < 4.78 is 0. The molecule has 0 aromatic rings. The summed E-state index contributed by atoms with van der Waals surface area (Å²) in [6.07, 6.45) is 13.2. The summed E-state index contributed by atoms with van der Waals surface area (Å²) in [7, 11) is 0. The second-order valence-electron chi connectivity index (χ2n) is 3.83. The van der Waals surface area contributed by atoms with Crippen LogP contribution in [0.5, 0.6) is 0 Å². The lowest BCUT2D eigenvalue weighted by molar-refractivity contribution is -0.107. The Bertz CT molecular complexity index is 115. The minimum Gasteiger partial charge on any atom is -0.303 e. The maximum absolute atomic E-state index is 10.0. The second-order valence-corrected chi connectivity index (χ2v) is 4.20. The summed E-state index contributed by atoms with van der Waals surface area (Å²) in [5, 5.41) is 0. The molecule has 0 rings (SSSR count). The highest BCUT2D eigenvalue weighted by atomic mass is 35.5. The fraction of sp³-hybridized carbons (Fsp3) is 0.917. The van der Waals surface area contributed by atoms with Crippen molar-refractivity contribution in [2.75, 3.05) is 5.88 Å². The molecule has 0 heterocycles. The van der Waals surface area contributed by atoms with E-state index in [-0.39, 0.29) is 0 Å². The SMILES string of the molecule is O=CCCCCCCCCCCCCl. The van der Waals surface area contributed by atoms with E-state index in [0.717, 1.165) is 25.0 Å². The van der Waals surface area contributed by atoms with Crippen molar-refractivity contribution in [1.29, 1.82) is 0 Å². The van der Waals surface area contributed by atoms with Crippen molar-refractivity contribution in [3.63, 3.8) is 0 Å². The Labute approximate surface area is 93.2 Å². The van der Waals surface area contributed by atoms with Gasteiger partial charge in [-0.1, -0.05) is 44.9 Å². The number of carbonyl (C=O) groups excluding carboxylic acids is 1. The number of carbonyl (C=O) groups is 1. The third-order valence-corrected chi connectivity index (χ3v) is 2.72. The molecule has 0 aliphatic rings. The van der Waals surface area contributed by atoms with Crippen molar-refractivity contribution in [3.05, 3.63) is 0 Å². The summed E-state index contributed by atoms with van der Waals surface area (Å²) in [5.41, 5.74) is 0. The van der Waals surface area contributed by atoms with Crippen LogP contribution < -0.4 is 0 Å². The molecular weight excluding hydrogens is 196 g/mol. The molecular formula is C12H23ClO. The van der Waals surface area contributed by atoms with Gasteiger partial charge in [0.25, 0.3) is 0 Å². The van der Waals surface area contributed by atoms with Gasteiger partial charge in [-0.05, 0) is 12.8 Å². The first-order valence-electron chi connectivity index (χ1n) is 5.91. The van der Waals surface area contributed by atoms with E-state index in [0.29, 0.717) is 0 Å². The number of rotatable bonds is 11. The average Bonchev–Trinajstić information content (AvgIpc) is 2.21. The summed E-state index contributed by atoms with van der Waals surface area (Å²) in [6.45, 7) is 0. The lowest BCUT2D eigenvalue weighted by Crippen LogP contribution is -1.82. The number of halogens is 1. The lowest BCUT2D eigenvalue weighted by Gasteiger charge is -2.00. The van der Waals surface area contributed by atoms with Crippen LogP contribution in [0.15, 0.2) is 0 Å². The molecule has 0 aliphatic carbocycles. The molecule has 0 unspecified atom stereocenters. The quantitative estimate of drug-likeness (QED) is 0.287. The molecule has 0 atom stereocenters. The van der Waals surface area contributed by atoms with E-state index in [4.69, 9.17) is 11.6 Å². The molecule has 14 heavy (non-hydrogen) atoms. The molecule has 84 valence electrons. The first-order chi connectivity index (χ1) is 6.91. The van der Waals surface area contributed by atoms with E-state index in [1.165, 1.54) is 51.4 Å². The first-order valence-corrected chi connectivity index (χ1v) is 6.45. The molecule has 0 aliphatic heterocycles. The largest absolute Gasteiger partial charge is 0.303 e. The van der Waals surface area contributed by atoms with Gasteiger partial charge in [-0.3, -0.25) is 0 Å². The van der Waals surface area contributed by atoms with Crippen LogP contribution in [0.25, 0.3) is 0 Å². The number of hydrogen-bond acceptors (Lipinski definition) is 1. The van der Waals surface area contributed by atoms with Crippen LogP contribution in [0, 0.1) is 0 Å². The van der Waals surface area contributed by atoms with Crippen LogP contribution in [0.2, 0.25) is 0 Å². The average molecular weight is 219 g/mol. The summed E-state index contributed by atoms with van der Waals surface area (Å²) >= 11 is 5.58. The van der Waals surface area contributed by atoms with Crippen LogP contribution >= 0.6 is 11.6 Å². The summed E-state index contributed by atoms with van der Waals surface area (Å²) in [5.74, 6) is 0.811. The first kappa shape index (κ1) is 14.0. The Morgan fingerprint density at radius 2 is 1.14 bits per heavy atom. The van der Waals surface area contributed by atoms with Crippen molar-refractivity contribution in [2.24, 2.45) is 0 Å². The highest BCUT2D eigenvalue weighted by Crippen LogP contribution is 2.10. The number of aldehydes is 1. The van der Waals surface area contributed by atoms with Gasteiger partial charge < -0.3 is 4.79 Å². The molecule has 0 aromatic heterocycles. The topological polar surface area (TPSA) is 17.1 Å². The number of hydrogen-bond donors (Lipinski definition) is 0. The van der Waals surface area contributed by atoms with Gasteiger partial charge in [0.15, 0.2) is 0 Å². The molecule has 0 amide bonds. The highest BCUT2D eigenvalue weighted by Gasteiger charge is 1.92. The number of alkyl halides is 1. The normalized spacial score (nSPS) is 10.4. The van der Waals surface area contributed by atoms with E-state index < -0.39 is 0 Å². The molecule has 0 aromatic carbocycles. The third-order valence-electron chi connectivity index (χ3n) is 2.46. The van der Waals surface area contributed by atoms with Gasteiger partial charge in [0.05, 0.1) is 0 Å². The molecule has 0 bridgehead atoms. The Hall–Kier alpha value is -0.0400. The van der Waals surface area contributed by atoms with Crippen molar-refractivity contribution < 1.29 is 4.79 Å². The summed E-state index contributed by atoms with van der Waals surface area (Å²) in [6, 6.07) is 0. The standard InChI is InChI=1S/C12H23ClO/c13-11-9-7-5-3-1-2-4-6-8-10-12-14/h12H,1-11H2. The van der Waals surface area contributed by atoms with Gasteiger partial charge in [0.1, 0.15) is 6.29 Å². The Balaban J connectivity index is 2.81. The van der Waals surface area contributed by atoms with E-state index in [9.17, 15) is 4.79 Å². The molecule has 0 spiro atoms. The zero-order valence-corrected chi connectivity index (χ0v) is 9.90. The van der Waals surface area contributed by atoms with Crippen LogP contribution in [0.1, 0.15) is 64.2 Å². The van der Waals surface area contributed by atoms with E-state index >= 15 is 0 Å². The predicted octanol–water partition coefficient (Wildman–Crippen LogP) is 4.33. The Morgan fingerprint density at radius 3 is 1.57 bits per heavy atom. The van der Waals surface area contributed by atoms with Crippen molar-refractivity contribution in [3.8, 4) is 0 Å². The van der Waals surface area contributed by atoms with E-state index in [1.807, 2.05) is 0 Å². The second kappa shape index (κ2) is 13.0. The smallest absolute Gasteiger partial charge is 0.119 e. The zero-order valence-electron chi connectivity index (χ0n) is 9.14. The van der Waals surface area contributed by atoms with Crippen molar-refractivity contribution in [2.45, 2.75) is 64.2 Å². The fourth-order valence-corrected chi connectivity index (χ4v) is 1.75. The lowest BCUT2D eigenvalue weighted by atomic mass is 10.1. The van der Waals surface area contributed by atoms with Crippen molar-refractivity contribution in [1.82, 2.24) is 0 Å². The van der Waals surface area contributed by atoms with Crippen molar-refractivity contribution >= 4 is 17.9 Å². The summed E-state index contributed by atoms with van der Waals surface area (Å²) in [4.78, 5) is 10.0. The third kappa shape index (κ3) is 12.0. The van der Waals surface area contributed by atoms with Crippen LogP contribution in [0.4, 0.5) is 0 Å². The van der Waals surface area contributed by atoms with Crippen LogP contribution in [-0.2, 0) is 4.79 Å². The molecule has 0 saturated carbocycles. The van der Waals surface area contributed by atoms with Gasteiger partial charge >= 0.3 is 0 Å². The zero-order chi connectivity index (χ0) is 10.5. The molecule has 0 N–H and O–H groups in total. The number of unbranched alkanes of at least 4 members (excludes halogenated alkanes) is 9. The van der Waals surface area contributed by atoms with E-state index in [2.05, 4.69) is 0 Å². The van der Waals surface area contributed by atoms with Gasteiger partial charge in [0.2, 0.25) is 0 Å². The van der Waals surface area contributed by atoms with Gasteiger partial charge in [0, 0.05) is 12.3 Å². The Morgan fingerprint density at radius 1 is 0.714 bits per heavy atom. The molecule has 1 nitrogen and oxygen atoms in total. The maximum Gasteiger partial charge on any atom is 0.119 e. The van der Waals surface area contributed by atoms with Gasteiger partial charge in [-0.15, -0.1) is 11.6 Å². The van der Waals surface area contributed by atoms with E-state index in [1.54, 1.807) is 0 Å². The molecule has 2 heteroatoms. The molecule has 0 fully saturated rings. The predicted molar refractivity (Wildman–Crippen MR) is 63.0 cm³/mol. The van der Waals surface area contributed by atoms with Gasteiger partial charge in [-0.25, -0.2) is 0 Å². The monoisotopic (exact) mass is 218 g/mol. The fourth-order valence-electron chi connectivity index (χ4n) is 1.56. The van der Waals surface area contributed by atoms with Gasteiger partial charge in [-0.2, -0.15) is 0 Å². The minimum absolute atomic E-state index is 0.746. The maximum atomic E-state index is 10.0. The molecule has 0 radical (unpaired) electrons. The minimum atomic E-state index is 0.746. The molecule has 0 saturated heterocycles. The highest BCUT2D eigenvalue weighted by molar-refractivity contribution is 6.17. The van der Waals surface area contributed by atoms with Crippen LogP contribution in [-0.4, -0.2) is 12.2 Å². The van der Waals surface area contributed by atoms with Crippen LogP contribution in [0.3, 0.4) is 0 Å². The Kier molecular flexibility index (Phi) is 12.9.